The molecule has 1 N–H and O–H groups in total. The first-order chi connectivity index (χ1) is 15.5. The van der Waals surface area contributed by atoms with Gasteiger partial charge in [0.25, 0.3) is 0 Å². The molecule has 1 aromatic carbocycles. The van der Waals surface area contributed by atoms with Crippen molar-refractivity contribution in [2.45, 2.75) is 40.3 Å². The van der Waals surface area contributed by atoms with Gasteiger partial charge in [-0.3, -0.25) is 4.57 Å². The Bertz CT molecular complexity index is 1070. The first kappa shape index (κ1) is 22.0. The quantitative estimate of drug-likeness (QED) is 0.492. The number of aryl methyl sites for hydroxylation is 3. The molecule has 7 heteroatoms. The lowest BCUT2D eigenvalue weighted by atomic mass is 10.00. The van der Waals surface area contributed by atoms with E-state index in [-0.39, 0.29) is 6.10 Å². The van der Waals surface area contributed by atoms with Crippen LogP contribution in [-0.2, 0) is 11.3 Å². The molecule has 0 radical (unpaired) electrons. The monoisotopic (exact) mass is 432 g/mol. The fraction of sp³-hybridized carbons (Fsp3) is 0.400. The zero-order valence-electron chi connectivity index (χ0n) is 19.4. The van der Waals surface area contributed by atoms with Crippen LogP contribution in [0.15, 0.2) is 53.9 Å². The number of nitrogens with zero attached hydrogens (tertiary/aromatic N) is 5. The number of guanidine groups is 1. The minimum Gasteiger partial charge on any atom is -0.370 e. The van der Waals surface area contributed by atoms with Crippen LogP contribution in [0.5, 0.6) is 0 Å². The second kappa shape index (κ2) is 9.96. The van der Waals surface area contributed by atoms with Crippen molar-refractivity contribution >= 4 is 5.96 Å². The number of aliphatic imine (C=N–C) groups is 1. The van der Waals surface area contributed by atoms with Gasteiger partial charge in [-0.1, -0.05) is 29.8 Å². The Balaban J connectivity index is 1.47. The largest absolute Gasteiger partial charge is 0.370 e. The molecule has 2 aromatic heterocycles. The number of rotatable bonds is 5. The van der Waals surface area contributed by atoms with Gasteiger partial charge in [0.2, 0.25) is 0 Å². The molecule has 1 fully saturated rings. The van der Waals surface area contributed by atoms with Crippen molar-refractivity contribution in [1.29, 1.82) is 0 Å². The summed E-state index contributed by atoms with van der Waals surface area (Å²) in [5.74, 6) is 2.70. The fourth-order valence-corrected chi connectivity index (χ4v) is 4.08. The summed E-state index contributed by atoms with van der Waals surface area (Å²) in [7, 11) is 0. The Morgan fingerprint density at radius 3 is 2.75 bits per heavy atom. The number of pyridine rings is 1. The van der Waals surface area contributed by atoms with Crippen LogP contribution >= 0.6 is 0 Å². The Labute approximate surface area is 190 Å². The van der Waals surface area contributed by atoms with Crippen LogP contribution < -0.4 is 5.32 Å². The lowest BCUT2D eigenvalue weighted by Gasteiger charge is -2.36. The zero-order chi connectivity index (χ0) is 22.5. The number of hydrogen-bond acceptors (Lipinski definition) is 4. The molecular formula is C25H32N6O. The Kier molecular flexibility index (Phi) is 6.85. The molecular weight excluding hydrogens is 400 g/mol. The Morgan fingerprint density at radius 1 is 1.19 bits per heavy atom. The predicted octanol–water partition coefficient (Wildman–Crippen LogP) is 3.73. The van der Waals surface area contributed by atoms with Gasteiger partial charge < -0.3 is 15.0 Å². The van der Waals surface area contributed by atoms with E-state index >= 15 is 0 Å². The van der Waals surface area contributed by atoms with Gasteiger partial charge in [0.15, 0.2) is 5.96 Å². The van der Waals surface area contributed by atoms with Crippen molar-refractivity contribution in [1.82, 2.24) is 24.8 Å². The van der Waals surface area contributed by atoms with Gasteiger partial charge in [-0.05, 0) is 50.5 Å². The third-order valence-corrected chi connectivity index (χ3v) is 5.77. The van der Waals surface area contributed by atoms with E-state index in [1.165, 1.54) is 16.7 Å². The minimum absolute atomic E-state index is 0.0487. The molecule has 1 aliphatic rings. The summed E-state index contributed by atoms with van der Waals surface area (Å²) in [6, 6.07) is 10.7. The molecule has 1 unspecified atom stereocenters. The van der Waals surface area contributed by atoms with Crippen LogP contribution in [0.1, 0.15) is 41.1 Å². The highest BCUT2D eigenvalue weighted by Crippen LogP contribution is 2.26. The van der Waals surface area contributed by atoms with Gasteiger partial charge in [-0.15, -0.1) is 0 Å². The molecule has 3 aromatic rings. The molecule has 1 atom stereocenters. The molecule has 32 heavy (non-hydrogen) atoms. The molecule has 1 aliphatic heterocycles. The van der Waals surface area contributed by atoms with Crippen molar-refractivity contribution in [2.24, 2.45) is 4.99 Å². The van der Waals surface area contributed by atoms with Gasteiger partial charge in [0, 0.05) is 31.7 Å². The SMILES string of the molecule is CCNC(=NCc1ccc(-n2ccnc2C)nc1)N1CCOC(c2ccc(C)cc2C)C1. The van der Waals surface area contributed by atoms with Crippen LogP contribution in [0.4, 0.5) is 0 Å². The first-order valence-electron chi connectivity index (χ1n) is 11.2. The molecule has 0 amide bonds. The maximum atomic E-state index is 6.12. The highest BCUT2D eigenvalue weighted by molar-refractivity contribution is 5.80. The Morgan fingerprint density at radius 2 is 2.06 bits per heavy atom. The molecule has 3 heterocycles. The average Bonchev–Trinajstić information content (AvgIpc) is 3.23. The number of imidazole rings is 1. The van der Waals surface area contributed by atoms with E-state index in [1.54, 1.807) is 6.20 Å². The summed E-state index contributed by atoms with van der Waals surface area (Å²) in [5, 5.41) is 3.45. The van der Waals surface area contributed by atoms with E-state index in [0.717, 1.165) is 42.8 Å². The molecule has 1 saturated heterocycles. The van der Waals surface area contributed by atoms with Crippen molar-refractivity contribution in [3.8, 4) is 5.82 Å². The highest BCUT2D eigenvalue weighted by atomic mass is 16.5. The maximum Gasteiger partial charge on any atom is 0.194 e. The summed E-state index contributed by atoms with van der Waals surface area (Å²) in [5.41, 5.74) is 4.88. The van der Waals surface area contributed by atoms with Crippen molar-refractivity contribution < 1.29 is 4.74 Å². The van der Waals surface area contributed by atoms with Gasteiger partial charge in [-0.2, -0.15) is 0 Å². The summed E-state index contributed by atoms with van der Waals surface area (Å²) in [6.45, 7) is 12.0. The third kappa shape index (κ3) is 4.99. The fourth-order valence-electron chi connectivity index (χ4n) is 4.08. The smallest absolute Gasteiger partial charge is 0.194 e. The van der Waals surface area contributed by atoms with Crippen molar-refractivity contribution in [3.05, 3.63) is 77.0 Å². The van der Waals surface area contributed by atoms with E-state index < -0.39 is 0 Å². The number of benzene rings is 1. The van der Waals surface area contributed by atoms with Crippen LogP contribution in [-0.4, -0.2) is 51.6 Å². The summed E-state index contributed by atoms with van der Waals surface area (Å²) >= 11 is 0. The van der Waals surface area contributed by atoms with Crippen LogP contribution in [0.2, 0.25) is 0 Å². The number of morpholine rings is 1. The lowest BCUT2D eigenvalue weighted by Crippen LogP contribution is -2.48. The molecule has 7 nitrogen and oxygen atoms in total. The Hall–Kier alpha value is -3.19. The number of aromatic nitrogens is 3. The molecule has 0 saturated carbocycles. The van der Waals surface area contributed by atoms with Crippen molar-refractivity contribution in [3.63, 3.8) is 0 Å². The zero-order valence-corrected chi connectivity index (χ0v) is 19.4. The number of hydrogen-bond donors (Lipinski definition) is 1. The second-order valence-electron chi connectivity index (χ2n) is 8.20. The molecule has 168 valence electrons. The topological polar surface area (TPSA) is 67.6 Å². The number of nitrogens with one attached hydrogen (secondary N) is 1. The van der Waals surface area contributed by atoms with Gasteiger partial charge in [0.1, 0.15) is 17.7 Å². The van der Waals surface area contributed by atoms with E-state index in [2.05, 4.69) is 65.2 Å². The lowest BCUT2D eigenvalue weighted by molar-refractivity contribution is -0.00834. The number of ether oxygens (including phenoxy) is 1. The summed E-state index contributed by atoms with van der Waals surface area (Å²) in [4.78, 5) is 16.0. The standard InChI is InChI=1S/C25H32N6O/c1-5-26-25(29-16-21-7-9-24(28-15-21)31-11-10-27-20(31)4)30-12-13-32-23(17-30)22-8-6-18(2)14-19(22)3/h6-11,14-15,23H,5,12-13,16-17H2,1-4H3,(H,26,29). The average molecular weight is 433 g/mol. The summed E-state index contributed by atoms with van der Waals surface area (Å²) in [6.07, 6.45) is 5.64. The minimum atomic E-state index is 0.0487. The second-order valence-corrected chi connectivity index (χ2v) is 8.20. The van der Waals surface area contributed by atoms with Gasteiger partial charge in [-0.25, -0.2) is 15.0 Å². The van der Waals surface area contributed by atoms with Crippen LogP contribution in [0, 0.1) is 20.8 Å². The molecule has 0 bridgehead atoms. The van der Waals surface area contributed by atoms with Gasteiger partial charge in [0.05, 0.1) is 19.7 Å². The predicted molar refractivity (Wildman–Crippen MR) is 127 cm³/mol. The highest BCUT2D eigenvalue weighted by Gasteiger charge is 2.25. The third-order valence-electron chi connectivity index (χ3n) is 5.77. The normalized spacial score (nSPS) is 16.9. The molecule has 0 aliphatic carbocycles. The molecule has 4 rings (SSSR count). The van der Waals surface area contributed by atoms with Crippen molar-refractivity contribution in [2.75, 3.05) is 26.2 Å². The molecule has 0 spiro atoms. The van der Waals surface area contributed by atoms with E-state index in [0.29, 0.717) is 13.2 Å². The maximum absolute atomic E-state index is 6.12. The van der Waals surface area contributed by atoms with E-state index in [9.17, 15) is 0 Å². The summed E-state index contributed by atoms with van der Waals surface area (Å²) < 4.78 is 8.09. The van der Waals surface area contributed by atoms with Crippen LogP contribution in [0.3, 0.4) is 0 Å². The van der Waals surface area contributed by atoms with E-state index in [1.807, 2.05) is 30.0 Å². The van der Waals surface area contributed by atoms with E-state index in [4.69, 9.17) is 9.73 Å². The van der Waals surface area contributed by atoms with Crippen LogP contribution in [0.25, 0.3) is 5.82 Å². The van der Waals surface area contributed by atoms with Gasteiger partial charge >= 0.3 is 0 Å². The first-order valence-corrected chi connectivity index (χ1v) is 11.2.